The largest absolute Gasteiger partial charge is 0.382 e. The lowest BCUT2D eigenvalue weighted by molar-refractivity contribution is -0.118. The van der Waals surface area contributed by atoms with Crippen LogP contribution < -0.4 is 16.4 Å². The molecule has 3 aromatic rings. The lowest BCUT2D eigenvalue weighted by Gasteiger charge is -2.23. The van der Waals surface area contributed by atoms with E-state index in [1.54, 1.807) is 10.9 Å². The van der Waals surface area contributed by atoms with Crippen molar-refractivity contribution < 1.29 is 4.79 Å². The number of fused-ring (bicyclic) bond motifs is 1. The summed E-state index contributed by atoms with van der Waals surface area (Å²) in [5.74, 6) is 0.626. The highest BCUT2D eigenvalue weighted by molar-refractivity contribution is 6.12. The third-order valence-electron chi connectivity index (χ3n) is 5.70. The molecule has 5 rings (SSSR count). The van der Waals surface area contributed by atoms with Gasteiger partial charge in [-0.2, -0.15) is 5.10 Å². The van der Waals surface area contributed by atoms with Gasteiger partial charge in [0.05, 0.1) is 23.3 Å². The third-order valence-corrected chi connectivity index (χ3v) is 5.70. The number of amides is 1. The van der Waals surface area contributed by atoms with Crippen molar-refractivity contribution >= 4 is 29.2 Å². The number of anilines is 1. The minimum Gasteiger partial charge on any atom is -0.382 e. The van der Waals surface area contributed by atoms with E-state index in [-0.39, 0.29) is 17.7 Å². The van der Waals surface area contributed by atoms with E-state index in [4.69, 9.17) is 10.7 Å². The van der Waals surface area contributed by atoms with Crippen molar-refractivity contribution in [3.8, 4) is 5.69 Å². The van der Waals surface area contributed by atoms with Crippen LogP contribution in [0.1, 0.15) is 24.0 Å². The molecule has 2 unspecified atom stereocenters. The number of nitrogen functional groups attached to an aromatic ring is 1. The molecule has 0 fully saturated rings. The molecule has 178 valence electrons. The van der Waals surface area contributed by atoms with E-state index in [9.17, 15) is 4.79 Å². The number of hydrogen-bond acceptors (Lipinski definition) is 5. The summed E-state index contributed by atoms with van der Waals surface area (Å²) in [5.41, 5.74) is 11.6. The van der Waals surface area contributed by atoms with E-state index in [0.29, 0.717) is 22.9 Å². The number of allylic oxidation sites excluding steroid dienone is 4. The van der Waals surface area contributed by atoms with Crippen LogP contribution in [-0.2, 0) is 4.79 Å². The fourth-order valence-electron chi connectivity index (χ4n) is 4.19. The lowest BCUT2D eigenvalue weighted by Crippen LogP contribution is -2.27. The van der Waals surface area contributed by atoms with Crippen LogP contribution in [-0.4, -0.2) is 35.5 Å². The summed E-state index contributed by atoms with van der Waals surface area (Å²) in [6.45, 7) is 1.50. The predicted molar refractivity (Wildman–Crippen MR) is 143 cm³/mol. The van der Waals surface area contributed by atoms with Crippen molar-refractivity contribution in [2.75, 3.05) is 19.8 Å². The first kappa shape index (κ1) is 23.9. The summed E-state index contributed by atoms with van der Waals surface area (Å²) in [6.07, 6.45) is 12.1. The van der Waals surface area contributed by atoms with Crippen molar-refractivity contribution in [2.24, 2.45) is 10.9 Å². The summed E-state index contributed by atoms with van der Waals surface area (Å²) in [5, 5.41) is 10.1. The number of benzene rings is 2. The number of aromatic nitrogens is 2. The molecule has 7 nitrogen and oxygen atoms in total. The Morgan fingerprint density at radius 2 is 1.74 bits per heavy atom. The van der Waals surface area contributed by atoms with E-state index >= 15 is 0 Å². The van der Waals surface area contributed by atoms with Gasteiger partial charge < -0.3 is 16.4 Å². The molecule has 0 saturated heterocycles. The van der Waals surface area contributed by atoms with Crippen molar-refractivity contribution in [2.45, 2.75) is 12.8 Å². The predicted octanol–water partition coefficient (Wildman–Crippen LogP) is 4.38. The van der Waals surface area contributed by atoms with Crippen LogP contribution in [0.3, 0.4) is 0 Å². The van der Waals surface area contributed by atoms with Crippen LogP contribution in [0.15, 0.2) is 95.8 Å². The summed E-state index contributed by atoms with van der Waals surface area (Å²) in [7, 11) is 3.75. The second-order valence-corrected chi connectivity index (χ2v) is 8.37. The van der Waals surface area contributed by atoms with Crippen molar-refractivity contribution in [1.29, 1.82) is 0 Å². The second-order valence-electron chi connectivity index (χ2n) is 8.37. The molecule has 4 N–H and O–H groups in total. The van der Waals surface area contributed by atoms with Crippen molar-refractivity contribution in [3.63, 3.8) is 0 Å². The van der Waals surface area contributed by atoms with E-state index in [1.165, 1.54) is 18.1 Å². The SMILES string of the molecule is CC(=O)NC1=CC(C2C=Cc3ccccc32)C=CC1=Nc1cnn(-c2ccccc2)c1N.CNC. The highest BCUT2D eigenvalue weighted by atomic mass is 16.1. The summed E-state index contributed by atoms with van der Waals surface area (Å²) < 4.78 is 1.65. The molecule has 35 heavy (non-hydrogen) atoms. The second kappa shape index (κ2) is 10.8. The monoisotopic (exact) mass is 466 g/mol. The molecular weight excluding hydrogens is 436 g/mol. The Morgan fingerprint density at radius 3 is 2.49 bits per heavy atom. The highest BCUT2D eigenvalue weighted by Gasteiger charge is 2.26. The Morgan fingerprint density at radius 1 is 1.03 bits per heavy atom. The van der Waals surface area contributed by atoms with Gasteiger partial charge in [-0.3, -0.25) is 4.79 Å². The van der Waals surface area contributed by atoms with Gasteiger partial charge in [-0.05, 0) is 43.4 Å². The van der Waals surface area contributed by atoms with Crippen LogP contribution >= 0.6 is 0 Å². The number of aliphatic imine (C=N–C) groups is 1. The Kier molecular flexibility index (Phi) is 7.38. The zero-order chi connectivity index (χ0) is 24.8. The first-order valence-electron chi connectivity index (χ1n) is 11.5. The fourth-order valence-corrected chi connectivity index (χ4v) is 4.19. The van der Waals surface area contributed by atoms with E-state index < -0.39 is 0 Å². The molecule has 0 aliphatic heterocycles. The molecule has 0 saturated carbocycles. The molecule has 1 heterocycles. The average molecular weight is 467 g/mol. The Hall–Kier alpha value is -4.23. The Labute approximate surface area is 205 Å². The number of rotatable bonds is 4. The van der Waals surface area contributed by atoms with Gasteiger partial charge >= 0.3 is 0 Å². The molecule has 7 heteroatoms. The molecule has 2 aromatic carbocycles. The van der Waals surface area contributed by atoms with Crippen LogP contribution in [0.4, 0.5) is 11.5 Å². The fraction of sp³-hybridized carbons (Fsp3) is 0.179. The minimum atomic E-state index is -0.145. The maximum atomic E-state index is 11.9. The average Bonchev–Trinajstić information content (AvgIpc) is 3.45. The van der Waals surface area contributed by atoms with Gasteiger partial charge in [0, 0.05) is 18.8 Å². The van der Waals surface area contributed by atoms with Crippen LogP contribution in [0.5, 0.6) is 0 Å². The third kappa shape index (κ3) is 5.31. The van der Waals surface area contributed by atoms with E-state index in [1.807, 2.05) is 56.6 Å². The quantitative estimate of drug-likeness (QED) is 0.532. The molecule has 2 aliphatic rings. The first-order chi connectivity index (χ1) is 17.0. The molecule has 0 spiro atoms. The van der Waals surface area contributed by atoms with E-state index in [0.717, 1.165) is 5.69 Å². The van der Waals surface area contributed by atoms with Crippen molar-refractivity contribution in [1.82, 2.24) is 20.4 Å². The zero-order valence-corrected chi connectivity index (χ0v) is 20.1. The normalized spacial score (nSPS) is 19.1. The van der Waals surface area contributed by atoms with Gasteiger partial charge in [-0.25, -0.2) is 9.67 Å². The molecular formula is C28H30N6O. The maximum absolute atomic E-state index is 11.9. The van der Waals surface area contributed by atoms with Gasteiger partial charge in [-0.15, -0.1) is 0 Å². The number of nitrogens with one attached hydrogen (secondary N) is 2. The van der Waals surface area contributed by atoms with E-state index in [2.05, 4.69) is 58.2 Å². The first-order valence-corrected chi connectivity index (χ1v) is 11.5. The standard InChI is InChI=1S/C26H23N5O.C2H7N/c1-17(32)29-24-15-19(22-13-11-18-7-5-6-10-21(18)22)12-14-23(24)30-25-16-28-31(26(25)27)20-8-3-2-4-9-20;1-3-2/h2-16,19,22H,27H2,1H3,(H,29,32);3H,1-2H3. The van der Waals surface area contributed by atoms with Gasteiger partial charge in [0.25, 0.3) is 0 Å². The lowest BCUT2D eigenvalue weighted by atomic mass is 9.84. The van der Waals surface area contributed by atoms with Crippen LogP contribution in [0, 0.1) is 5.92 Å². The number of carbonyl (C=O) groups excluding carboxylic acids is 1. The number of hydrogen-bond donors (Lipinski definition) is 3. The van der Waals surface area contributed by atoms with Crippen LogP contribution in [0.2, 0.25) is 0 Å². The number of carbonyl (C=O) groups is 1. The smallest absolute Gasteiger partial charge is 0.221 e. The Balaban J connectivity index is 0.000000917. The topological polar surface area (TPSA) is 97.3 Å². The summed E-state index contributed by atoms with van der Waals surface area (Å²) in [6, 6.07) is 18.0. The number of nitrogens with zero attached hydrogens (tertiary/aromatic N) is 3. The van der Waals surface area contributed by atoms with Crippen molar-refractivity contribution in [3.05, 3.63) is 102 Å². The van der Waals surface area contributed by atoms with Gasteiger partial charge in [-0.1, -0.05) is 66.8 Å². The van der Waals surface area contributed by atoms with Gasteiger partial charge in [0.1, 0.15) is 5.69 Å². The molecule has 2 atom stereocenters. The number of para-hydroxylation sites is 1. The summed E-state index contributed by atoms with van der Waals surface area (Å²) in [4.78, 5) is 16.6. The Bertz CT molecular complexity index is 1320. The molecule has 0 radical (unpaired) electrons. The molecule has 1 aromatic heterocycles. The highest BCUT2D eigenvalue weighted by Crippen LogP contribution is 2.38. The minimum absolute atomic E-state index is 0.111. The summed E-state index contributed by atoms with van der Waals surface area (Å²) >= 11 is 0. The van der Waals surface area contributed by atoms with Gasteiger partial charge in [0.2, 0.25) is 5.91 Å². The number of nitrogens with two attached hydrogens (primary N) is 1. The zero-order valence-electron chi connectivity index (χ0n) is 20.1. The van der Waals surface area contributed by atoms with Gasteiger partial charge in [0.15, 0.2) is 5.82 Å². The van der Waals surface area contributed by atoms with Crippen LogP contribution in [0.25, 0.3) is 11.8 Å². The maximum Gasteiger partial charge on any atom is 0.221 e. The molecule has 1 amide bonds. The molecule has 2 aliphatic carbocycles. The molecule has 0 bridgehead atoms.